The van der Waals surface area contributed by atoms with E-state index >= 15 is 0 Å². The van der Waals surface area contributed by atoms with E-state index < -0.39 is 0 Å². The highest BCUT2D eigenvalue weighted by atomic mass is 127. The van der Waals surface area contributed by atoms with E-state index in [1.54, 1.807) is 0 Å². The van der Waals surface area contributed by atoms with E-state index in [9.17, 15) is 0 Å². The van der Waals surface area contributed by atoms with Crippen LogP contribution >= 0.6 is 22.6 Å². The first-order chi connectivity index (χ1) is 10.4. The van der Waals surface area contributed by atoms with Gasteiger partial charge >= 0.3 is 0 Å². The zero-order valence-corrected chi connectivity index (χ0v) is 16.2. The Labute approximate surface area is 148 Å². The lowest BCUT2D eigenvalue weighted by Crippen LogP contribution is -1.89. The van der Waals surface area contributed by atoms with Crippen molar-refractivity contribution in [1.29, 1.82) is 0 Å². The maximum atomic E-state index is 2.43. The molecular weight excluding hydrogens is 379 g/mol. The molecule has 0 aliphatic carbocycles. The third kappa shape index (κ3) is 3.70. The average molecular weight is 402 g/mol. The van der Waals surface area contributed by atoms with Crippen LogP contribution in [0, 0.1) is 27.7 Å². The van der Waals surface area contributed by atoms with Gasteiger partial charge in [-0.05, 0) is 102 Å². The van der Waals surface area contributed by atoms with Gasteiger partial charge in [0.1, 0.15) is 0 Å². The topological polar surface area (TPSA) is 0 Å². The number of halogens is 1. The molecule has 0 spiro atoms. The fourth-order valence-electron chi connectivity index (χ4n) is 2.57. The Morgan fingerprint density at radius 1 is 0.773 bits per heavy atom. The molecule has 2 rings (SSSR count). The third-order valence-electron chi connectivity index (χ3n) is 4.37. The molecule has 0 unspecified atom stereocenters. The summed E-state index contributed by atoms with van der Waals surface area (Å²) in [4.78, 5) is 0. The van der Waals surface area contributed by atoms with E-state index in [-0.39, 0.29) is 0 Å². The summed E-state index contributed by atoms with van der Waals surface area (Å²) in [7, 11) is 0. The van der Waals surface area contributed by atoms with Crippen molar-refractivity contribution < 1.29 is 0 Å². The summed E-state index contributed by atoms with van der Waals surface area (Å²) in [5.74, 6) is 0. The van der Waals surface area contributed by atoms with Crippen LogP contribution in [0.1, 0.15) is 40.3 Å². The van der Waals surface area contributed by atoms with Crippen molar-refractivity contribution in [3.05, 3.63) is 81.9 Å². The quantitative estimate of drug-likeness (QED) is 0.391. The van der Waals surface area contributed by atoms with E-state index in [2.05, 4.69) is 106 Å². The molecular formula is C21H23I. The molecule has 0 bridgehead atoms. The molecule has 114 valence electrons. The molecule has 0 aromatic heterocycles. The highest BCUT2D eigenvalue weighted by Crippen LogP contribution is 2.28. The second kappa shape index (κ2) is 7.28. The Morgan fingerprint density at radius 3 is 1.86 bits per heavy atom. The van der Waals surface area contributed by atoms with Crippen LogP contribution in [0.15, 0.2) is 48.6 Å². The van der Waals surface area contributed by atoms with Gasteiger partial charge < -0.3 is 0 Å². The van der Waals surface area contributed by atoms with E-state index in [0.29, 0.717) is 0 Å². The van der Waals surface area contributed by atoms with Gasteiger partial charge in [-0.1, -0.05) is 42.5 Å². The Kier molecular flexibility index (Phi) is 5.63. The highest BCUT2D eigenvalue weighted by molar-refractivity contribution is 14.1. The summed E-state index contributed by atoms with van der Waals surface area (Å²) in [6, 6.07) is 13.0. The molecule has 0 amide bonds. The zero-order valence-electron chi connectivity index (χ0n) is 14.0. The normalized spacial score (nSPS) is 12.6. The summed E-state index contributed by atoms with van der Waals surface area (Å²) in [5.41, 5.74) is 9.38. The summed E-state index contributed by atoms with van der Waals surface area (Å²) in [6.07, 6.45) is 4.45. The van der Waals surface area contributed by atoms with E-state index in [0.717, 1.165) is 0 Å². The van der Waals surface area contributed by atoms with E-state index in [1.165, 1.54) is 42.5 Å². The van der Waals surface area contributed by atoms with Crippen LogP contribution in [-0.4, -0.2) is 0 Å². The lowest BCUT2D eigenvalue weighted by molar-refractivity contribution is 1.31. The van der Waals surface area contributed by atoms with Crippen molar-refractivity contribution in [2.75, 3.05) is 0 Å². The monoisotopic (exact) mass is 402 g/mol. The van der Waals surface area contributed by atoms with E-state index in [1.807, 2.05) is 0 Å². The van der Waals surface area contributed by atoms with Crippen LogP contribution in [0.3, 0.4) is 0 Å². The molecule has 0 radical (unpaired) electrons. The number of benzene rings is 2. The van der Waals surface area contributed by atoms with Crippen molar-refractivity contribution in [3.8, 4) is 0 Å². The van der Waals surface area contributed by atoms with Gasteiger partial charge in [0.15, 0.2) is 0 Å². The number of rotatable bonds is 3. The zero-order chi connectivity index (χ0) is 16.3. The molecule has 0 aliphatic rings. The van der Waals surface area contributed by atoms with Crippen molar-refractivity contribution in [3.63, 3.8) is 0 Å². The second-order valence-corrected chi connectivity index (χ2v) is 7.02. The Bertz CT molecular complexity index is 683. The average Bonchev–Trinajstić information content (AvgIpc) is 2.50. The lowest BCUT2D eigenvalue weighted by atomic mass is 9.97. The van der Waals surface area contributed by atoms with E-state index in [4.69, 9.17) is 0 Å². The molecule has 1 heteroatoms. The minimum atomic E-state index is 1.28. The van der Waals surface area contributed by atoms with Gasteiger partial charge in [0.2, 0.25) is 0 Å². The molecule has 0 atom stereocenters. The third-order valence-corrected chi connectivity index (χ3v) is 5.31. The summed E-state index contributed by atoms with van der Waals surface area (Å²) < 4.78 is 1.28. The van der Waals surface area contributed by atoms with Crippen LogP contribution < -0.4 is 0 Å². The Balaban J connectivity index is 2.36. The predicted octanol–water partition coefficient (Wildman–Crippen LogP) is 6.80. The molecule has 2 aromatic rings. The van der Waals surface area contributed by atoms with Crippen LogP contribution in [0.4, 0.5) is 0 Å². The summed E-state index contributed by atoms with van der Waals surface area (Å²) >= 11 is 2.43. The SMILES string of the molecule is C/C(=C\C=C(/I)c1cccc(C)c1C)c1cccc(C)c1C. The van der Waals surface area contributed by atoms with Gasteiger partial charge in [0, 0.05) is 3.58 Å². The first-order valence-corrected chi connectivity index (χ1v) is 8.67. The molecule has 22 heavy (non-hydrogen) atoms. The fourth-order valence-corrected chi connectivity index (χ4v) is 3.33. The number of allylic oxidation sites excluding steroid dienone is 3. The van der Waals surface area contributed by atoms with Crippen molar-refractivity contribution in [1.82, 2.24) is 0 Å². The van der Waals surface area contributed by atoms with Crippen LogP contribution in [0.5, 0.6) is 0 Å². The first-order valence-electron chi connectivity index (χ1n) is 7.59. The highest BCUT2D eigenvalue weighted by Gasteiger charge is 2.04. The lowest BCUT2D eigenvalue weighted by Gasteiger charge is -2.09. The summed E-state index contributed by atoms with van der Waals surface area (Å²) in [5, 5.41) is 0. The Morgan fingerprint density at radius 2 is 1.27 bits per heavy atom. The Hall–Kier alpha value is -1.35. The van der Waals surface area contributed by atoms with Gasteiger partial charge in [-0.15, -0.1) is 0 Å². The largest absolute Gasteiger partial charge is 0.0614 e. The molecule has 0 nitrogen and oxygen atoms in total. The van der Waals surface area contributed by atoms with Gasteiger partial charge in [0.25, 0.3) is 0 Å². The van der Waals surface area contributed by atoms with Crippen molar-refractivity contribution in [2.24, 2.45) is 0 Å². The number of aryl methyl sites for hydroxylation is 2. The number of hydrogen-bond acceptors (Lipinski definition) is 0. The molecule has 0 fully saturated rings. The van der Waals surface area contributed by atoms with Gasteiger partial charge in [-0.2, -0.15) is 0 Å². The van der Waals surface area contributed by atoms with Crippen LogP contribution in [0.2, 0.25) is 0 Å². The smallest absolute Gasteiger partial charge is 0.0205 e. The van der Waals surface area contributed by atoms with Crippen LogP contribution in [0.25, 0.3) is 9.15 Å². The van der Waals surface area contributed by atoms with Gasteiger partial charge in [-0.25, -0.2) is 0 Å². The van der Waals surface area contributed by atoms with Crippen molar-refractivity contribution >= 4 is 31.7 Å². The summed E-state index contributed by atoms with van der Waals surface area (Å²) in [6.45, 7) is 10.9. The van der Waals surface area contributed by atoms with Crippen LogP contribution in [-0.2, 0) is 0 Å². The fraction of sp³-hybridized carbons (Fsp3) is 0.238. The maximum Gasteiger partial charge on any atom is 0.0205 e. The molecule has 0 saturated heterocycles. The maximum absolute atomic E-state index is 2.43. The number of hydrogen-bond donors (Lipinski definition) is 0. The first kappa shape index (κ1) is 17.0. The van der Waals surface area contributed by atoms with Crippen molar-refractivity contribution in [2.45, 2.75) is 34.6 Å². The standard InChI is InChI=1S/C21H23I/c1-14-8-6-10-19(17(14)4)16(3)12-13-21(22)20-11-7-9-15(2)18(20)5/h6-13H,1-5H3/b16-12+,21-13-. The molecule has 0 N–H and O–H groups in total. The second-order valence-electron chi connectivity index (χ2n) is 5.86. The van der Waals surface area contributed by atoms with Gasteiger partial charge in [-0.3, -0.25) is 0 Å². The predicted molar refractivity (Wildman–Crippen MR) is 107 cm³/mol. The molecule has 0 aliphatic heterocycles. The minimum Gasteiger partial charge on any atom is -0.0614 e. The molecule has 2 aromatic carbocycles. The minimum absolute atomic E-state index is 1.28. The molecule has 0 saturated carbocycles. The van der Waals surface area contributed by atoms with Gasteiger partial charge in [0.05, 0.1) is 0 Å². The molecule has 0 heterocycles.